The first-order chi connectivity index (χ1) is 14.2. The van der Waals surface area contributed by atoms with Gasteiger partial charge in [-0.05, 0) is 31.4 Å². The van der Waals surface area contributed by atoms with Crippen molar-refractivity contribution in [1.29, 1.82) is 0 Å². The first kappa shape index (κ1) is 23.6. The van der Waals surface area contributed by atoms with Gasteiger partial charge in [-0.15, -0.1) is 0 Å². The van der Waals surface area contributed by atoms with Crippen molar-refractivity contribution in [1.82, 2.24) is 14.9 Å². The Morgan fingerprint density at radius 1 is 1.43 bits per heavy atom. The summed E-state index contributed by atoms with van der Waals surface area (Å²) in [6.07, 6.45) is -0.717. The number of likely N-dealkylation sites (tertiary alicyclic amines) is 1. The van der Waals surface area contributed by atoms with Gasteiger partial charge in [-0.2, -0.15) is 13.2 Å². The van der Waals surface area contributed by atoms with Gasteiger partial charge in [-0.1, -0.05) is 19.8 Å². The number of halogens is 3. The molecule has 1 aliphatic rings. The van der Waals surface area contributed by atoms with E-state index in [1.165, 1.54) is 4.90 Å². The normalized spacial score (nSPS) is 17.5. The molecule has 0 aromatic carbocycles. The summed E-state index contributed by atoms with van der Waals surface area (Å²) in [4.78, 5) is 41.4. The molecule has 0 bridgehead atoms. The number of hydrogen-bond donors (Lipinski definition) is 2. The maximum atomic E-state index is 13.0. The summed E-state index contributed by atoms with van der Waals surface area (Å²) in [5.41, 5.74) is -0.930. The van der Waals surface area contributed by atoms with E-state index in [4.69, 9.17) is 0 Å². The number of hydroxylamine groups is 2. The van der Waals surface area contributed by atoms with Crippen LogP contribution in [0.4, 0.5) is 19.0 Å². The van der Waals surface area contributed by atoms with Gasteiger partial charge in [0, 0.05) is 12.7 Å². The van der Waals surface area contributed by atoms with Crippen molar-refractivity contribution < 1.29 is 32.8 Å². The fourth-order valence-corrected chi connectivity index (χ4v) is 3.39. The molecule has 2 N–H and O–H groups in total. The molecule has 1 aromatic rings. The molecule has 1 fully saturated rings. The Hall–Kier alpha value is -2.69. The van der Waals surface area contributed by atoms with E-state index < -0.39 is 29.6 Å². The number of carbonyl (C=O) groups is 3. The highest BCUT2D eigenvalue weighted by atomic mass is 19.4. The number of alkyl halides is 3. The van der Waals surface area contributed by atoms with Crippen LogP contribution in [0.25, 0.3) is 0 Å². The lowest BCUT2D eigenvalue weighted by Crippen LogP contribution is -2.47. The number of nitrogens with one attached hydrogen (secondary N) is 1. The lowest BCUT2D eigenvalue weighted by Gasteiger charge is -2.29. The number of amides is 3. The van der Waals surface area contributed by atoms with E-state index in [1.807, 2.05) is 6.92 Å². The van der Waals surface area contributed by atoms with Gasteiger partial charge >= 0.3 is 6.18 Å². The molecule has 30 heavy (non-hydrogen) atoms. The van der Waals surface area contributed by atoms with Crippen LogP contribution in [-0.4, -0.2) is 57.5 Å². The fourth-order valence-electron chi connectivity index (χ4n) is 3.39. The van der Waals surface area contributed by atoms with Crippen molar-refractivity contribution >= 4 is 24.0 Å². The highest BCUT2D eigenvalue weighted by Gasteiger charge is 2.37. The van der Waals surface area contributed by atoms with Gasteiger partial charge in [-0.3, -0.25) is 19.6 Å². The zero-order chi connectivity index (χ0) is 22.3. The van der Waals surface area contributed by atoms with E-state index in [-0.39, 0.29) is 24.7 Å². The van der Waals surface area contributed by atoms with E-state index in [0.29, 0.717) is 43.5 Å². The molecule has 1 aliphatic heterocycles. The maximum absolute atomic E-state index is 13.0. The third-order valence-electron chi connectivity index (χ3n) is 4.97. The summed E-state index contributed by atoms with van der Waals surface area (Å²) >= 11 is 0. The van der Waals surface area contributed by atoms with E-state index >= 15 is 0 Å². The topological polar surface area (TPSA) is 103 Å². The maximum Gasteiger partial charge on any atom is 0.417 e. The van der Waals surface area contributed by atoms with E-state index in [2.05, 4.69) is 10.3 Å². The van der Waals surface area contributed by atoms with Crippen molar-refractivity contribution in [3.05, 3.63) is 23.9 Å². The quantitative estimate of drug-likeness (QED) is 0.356. The molecule has 1 saturated heterocycles. The summed E-state index contributed by atoms with van der Waals surface area (Å²) in [7, 11) is 0. The Bertz CT molecular complexity index is 742. The SMILES string of the molecule is CCCC[C@H](CN(O)C=O)C(=O)N1CCCC1C(=O)Nc1ccc(C(F)(F)F)cn1. The van der Waals surface area contributed by atoms with Gasteiger partial charge in [0.25, 0.3) is 0 Å². The summed E-state index contributed by atoms with van der Waals surface area (Å²) in [5.74, 6) is -1.59. The number of carbonyl (C=O) groups excluding carboxylic acids is 3. The van der Waals surface area contributed by atoms with Gasteiger partial charge in [0.05, 0.1) is 18.0 Å². The molecule has 0 saturated carbocycles. The van der Waals surface area contributed by atoms with Gasteiger partial charge in [0.1, 0.15) is 11.9 Å². The van der Waals surface area contributed by atoms with Crippen molar-refractivity contribution in [2.45, 2.75) is 51.2 Å². The Balaban J connectivity index is 2.07. The zero-order valence-corrected chi connectivity index (χ0v) is 16.6. The number of pyridine rings is 1. The van der Waals surface area contributed by atoms with Gasteiger partial charge in [-0.25, -0.2) is 10.0 Å². The predicted molar refractivity (Wildman–Crippen MR) is 100 cm³/mol. The van der Waals surface area contributed by atoms with Gasteiger partial charge in [0.2, 0.25) is 18.2 Å². The lowest BCUT2D eigenvalue weighted by molar-refractivity contribution is -0.157. The summed E-state index contributed by atoms with van der Waals surface area (Å²) in [6, 6.07) is 1.07. The smallest absolute Gasteiger partial charge is 0.330 e. The third kappa shape index (κ3) is 6.15. The number of nitrogens with zero attached hydrogens (tertiary/aromatic N) is 3. The number of aromatic nitrogens is 1. The number of rotatable bonds is 9. The van der Waals surface area contributed by atoms with Crippen molar-refractivity contribution in [3.63, 3.8) is 0 Å². The largest absolute Gasteiger partial charge is 0.417 e. The average molecular weight is 430 g/mol. The summed E-state index contributed by atoms with van der Waals surface area (Å²) < 4.78 is 37.9. The molecular weight excluding hydrogens is 405 g/mol. The van der Waals surface area contributed by atoms with E-state index in [1.54, 1.807) is 0 Å². The van der Waals surface area contributed by atoms with Crippen LogP contribution in [0.15, 0.2) is 18.3 Å². The monoisotopic (exact) mass is 430 g/mol. The van der Waals surface area contributed by atoms with Crippen LogP contribution < -0.4 is 5.32 Å². The third-order valence-corrected chi connectivity index (χ3v) is 4.97. The highest BCUT2D eigenvalue weighted by Crippen LogP contribution is 2.29. The van der Waals surface area contributed by atoms with Crippen molar-refractivity contribution in [2.24, 2.45) is 5.92 Å². The lowest BCUT2D eigenvalue weighted by atomic mass is 9.99. The Morgan fingerprint density at radius 3 is 2.73 bits per heavy atom. The van der Waals surface area contributed by atoms with Gasteiger partial charge < -0.3 is 10.2 Å². The van der Waals surface area contributed by atoms with Crippen LogP contribution in [0.5, 0.6) is 0 Å². The zero-order valence-electron chi connectivity index (χ0n) is 16.6. The summed E-state index contributed by atoms with van der Waals surface area (Å²) in [6.45, 7) is 2.11. The first-order valence-corrected chi connectivity index (χ1v) is 9.72. The average Bonchev–Trinajstić information content (AvgIpc) is 3.20. The Morgan fingerprint density at radius 2 is 2.17 bits per heavy atom. The number of anilines is 1. The molecule has 11 heteroatoms. The Labute approximate surface area is 172 Å². The van der Waals surface area contributed by atoms with Crippen molar-refractivity contribution in [3.8, 4) is 0 Å². The number of unbranched alkanes of at least 4 members (excludes halogenated alkanes) is 1. The molecule has 3 amide bonds. The molecule has 0 spiro atoms. The minimum atomic E-state index is -4.53. The Kier molecular flexibility index (Phi) is 8.16. The molecule has 166 valence electrons. The molecule has 2 heterocycles. The second kappa shape index (κ2) is 10.4. The van der Waals surface area contributed by atoms with Crippen LogP contribution >= 0.6 is 0 Å². The molecule has 2 rings (SSSR count). The molecule has 8 nitrogen and oxygen atoms in total. The molecule has 2 atom stereocenters. The number of hydrogen-bond acceptors (Lipinski definition) is 5. The second-order valence-corrected chi connectivity index (χ2v) is 7.18. The van der Waals surface area contributed by atoms with Crippen LogP contribution in [0.3, 0.4) is 0 Å². The fraction of sp³-hybridized carbons (Fsp3) is 0.579. The summed E-state index contributed by atoms with van der Waals surface area (Å²) in [5, 5.41) is 12.4. The van der Waals surface area contributed by atoms with Gasteiger partial charge in [0.15, 0.2) is 0 Å². The van der Waals surface area contributed by atoms with E-state index in [9.17, 15) is 32.8 Å². The standard InChI is InChI=1S/C19H25F3N4O4/c1-2-3-5-13(11-25(30)12-27)18(29)26-9-4-6-15(26)17(28)24-16-8-7-14(10-23-16)19(20,21)22/h7-8,10,12-13,15,30H,2-6,9,11H2,1H3,(H,23,24,28)/t13-,15?/m1/s1. The predicted octanol–water partition coefficient (Wildman–Crippen LogP) is 2.68. The molecular formula is C19H25F3N4O4. The van der Waals surface area contributed by atoms with Crippen LogP contribution in [0.2, 0.25) is 0 Å². The van der Waals surface area contributed by atoms with E-state index in [0.717, 1.165) is 18.6 Å². The second-order valence-electron chi connectivity index (χ2n) is 7.18. The van der Waals surface area contributed by atoms with Crippen LogP contribution in [0.1, 0.15) is 44.6 Å². The first-order valence-electron chi connectivity index (χ1n) is 9.72. The van der Waals surface area contributed by atoms with Crippen LogP contribution in [-0.2, 0) is 20.6 Å². The molecule has 1 unspecified atom stereocenters. The van der Waals surface area contributed by atoms with Crippen LogP contribution in [0, 0.1) is 5.92 Å². The molecule has 0 aliphatic carbocycles. The molecule has 1 aromatic heterocycles. The molecule has 0 radical (unpaired) electrons. The van der Waals surface area contributed by atoms with Crippen molar-refractivity contribution in [2.75, 3.05) is 18.4 Å². The minimum Gasteiger partial charge on any atom is -0.330 e. The highest BCUT2D eigenvalue weighted by molar-refractivity contribution is 5.97. The minimum absolute atomic E-state index is 0.0441.